The lowest BCUT2D eigenvalue weighted by Crippen LogP contribution is -2.06. The van der Waals surface area contributed by atoms with Crippen molar-refractivity contribution in [3.8, 4) is 17.1 Å². The number of aryl methyl sites for hydroxylation is 1. The van der Waals surface area contributed by atoms with Crippen LogP contribution in [0.15, 0.2) is 53.7 Å². The molecule has 0 aliphatic rings. The summed E-state index contributed by atoms with van der Waals surface area (Å²) >= 11 is 7.38. The van der Waals surface area contributed by atoms with Crippen LogP contribution >= 0.6 is 23.4 Å². The lowest BCUT2D eigenvalue weighted by Gasteiger charge is -2.11. The van der Waals surface area contributed by atoms with Gasteiger partial charge in [-0.15, -0.1) is 10.2 Å². The second kappa shape index (κ2) is 7.82. The first-order valence-electron chi connectivity index (χ1n) is 7.92. The van der Waals surface area contributed by atoms with E-state index in [0.29, 0.717) is 21.8 Å². The van der Waals surface area contributed by atoms with Gasteiger partial charge in [0.15, 0.2) is 11.0 Å². The SMILES string of the molecule is Cc1cccc(-c2nnc(SCCS(C)(=O)=O)n2-c2ccc(Cl)cc2)c1. The Morgan fingerprint density at radius 2 is 1.85 bits per heavy atom. The Hall–Kier alpha value is -1.83. The molecule has 0 aliphatic carbocycles. The molecule has 0 saturated heterocycles. The molecule has 0 spiro atoms. The highest BCUT2D eigenvalue weighted by atomic mass is 35.5. The number of aromatic nitrogens is 3. The van der Waals surface area contributed by atoms with Gasteiger partial charge >= 0.3 is 0 Å². The fourth-order valence-electron chi connectivity index (χ4n) is 2.44. The smallest absolute Gasteiger partial charge is 0.196 e. The van der Waals surface area contributed by atoms with Crippen molar-refractivity contribution in [3.05, 3.63) is 59.1 Å². The first-order valence-corrected chi connectivity index (χ1v) is 11.3. The number of rotatable bonds is 6. The number of benzene rings is 2. The predicted octanol–water partition coefficient (Wildman–Crippen LogP) is 4.03. The lowest BCUT2D eigenvalue weighted by atomic mass is 10.1. The molecule has 0 atom stereocenters. The predicted molar refractivity (Wildman–Crippen MR) is 107 cm³/mol. The van der Waals surface area contributed by atoms with E-state index in [1.54, 1.807) is 0 Å². The maximum Gasteiger partial charge on any atom is 0.196 e. The van der Waals surface area contributed by atoms with Crippen molar-refractivity contribution in [2.24, 2.45) is 0 Å². The highest BCUT2D eigenvalue weighted by Crippen LogP contribution is 2.29. The Morgan fingerprint density at radius 1 is 1.12 bits per heavy atom. The van der Waals surface area contributed by atoms with Crippen LogP contribution in [0, 0.1) is 6.92 Å². The van der Waals surface area contributed by atoms with Crippen LogP contribution in [0.4, 0.5) is 0 Å². The molecule has 3 rings (SSSR count). The molecule has 0 saturated carbocycles. The molecule has 136 valence electrons. The number of nitrogens with zero attached hydrogens (tertiary/aromatic N) is 3. The second-order valence-electron chi connectivity index (χ2n) is 5.97. The summed E-state index contributed by atoms with van der Waals surface area (Å²) in [6, 6.07) is 15.4. The third-order valence-electron chi connectivity index (χ3n) is 3.68. The molecule has 0 fully saturated rings. The Balaban J connectivity index is 2.03. The molecule has 0 radical (unpaired) electrons. The van der Waals surface area contributed by atoms with Crippen LogP contribution in [0.25, 0.3) is 17.1 Å². The summed E-state index contributed by atoms with van der Waals surface area (Å²) in [7, 11) is -3.02. The van der Waals surface area contributed by atoms with E-state index in [1.807, 2.05) is 60.0 Å². The van der Waals surface area contributed by atoms with Crippen molar-refractivity contribution < 1.29 is 8.42 Å². The fraction of sp³-hybridized carbons (Fsp3) is 0.222. The van der Waals surface area contributed by atoms with E-state index in [2.05, 4.69) is 10.2 Å². The van der Waals surface area contributed by atoms with Gasteiger partial charge in [0.25, 0.3) is 0 Å². The van der Waals surface area contributed by atoms with E-state index in [-0.39, 0.29) is 5.75 Å². The molecule has 0 unspecified atom stereocenters. The zero-order chi connectivity index (χ0) is 18.7. The zero-order valence-electron chi connectivity index (χ0n) is 14.4. The third kappa shape index (κ3) is 4.66. The Bertz CT molecular complexity index is 1020. The van der Waals surface area contributed by atoms with E-state index < -0.39 is 9.84 Å². The van der Waals surface area contributed by atoms with Crippen LogP contribution < -0.4 is 0 Å². The first-order chi connectivity index (χ1) is 12.3. The van der Waals surface area contributed by atoms with Gasteiger partial charge in [-0.3, -0.25) is 4.57 Å². The highest BCUT2D eigenvalue weighted by Gasteiger charge is 2.17. The molecule has 0 N–H and O–H groups in total. The van der Waals surface area contributed by atoms with Crippen molar-refractivity contribution in [1.82, 2.24) is 14.8 Å². The summed E-state index contributed by atoms with van der Waals surface area (Å²) in [6.45, 7) is 2.02. The summed E-state index contributed by atoms with van der Waals surface area (Å²) < 4.78 is 24.7. The number of halogens is 1. The van der Waals surface area contributed by atoms with E-state index in [9.17, 15) is 8.42 Å². The van der Waals surface area contributed by atoms with E-state index in [4.69, 9.17) is 11.6 Å². The minimum atomic E-state index is -3.02. The van der Waals surface area contributed by atoms with Crippen LogP contribution in [0.1, 0.15) is 5.56 Å². The van der Waals surface area contributed by atoms with Gasteiger partial charge in [0.05, 0.1) is 5.75 Å². The molecule has 5 nitrogen and oxygen atoms in total. The third-order valence-corrected chi connectivity index (χ3v) is 6.07. The fourth-order valence-corrected chi connectivity index (χ4v) is 4.71. The van der Waals surface area contributed by atoms with Gasteiger partial charge < -0.3 is 0 Å². The van der Waals surface area contributed by atoms with E-state index >= 15 is 0 Å². The Kier molecular flexibility index (Phi) is 5.70. The van der Waals surface area contributed by atoms with Crippen molar-refractivity contribution in [3.63, 3.8) is 0 Å². The highest BCUT2D eigenvalue weighted by molar-refractivity contribution is 8.00. The van der Waals surface area contributed by atoms with Crippen molar-refractivity contribution in [2.45, 2.75) is 12.1 Å². The van der Waals surface area contributed by atoms with E-state index in [0.717, 1.165) is 16.8 Å². The second-order valence-corrected chi connectivity index (χ2v) is 9.72. The van der Waals surface area contributed by atoms with Crippen LogP contribution in [-0.4, -0.2) is 40.9 Å². The quantitative estimate of drug-likeness (QED) is 0.577. The van der Waals surface area contributed by atoms with Gasteiger partial charge in [0, 0.05) is 28.3 Å². The summed E-state index contributed by atoms with van der Waals surface area (Å²) in [5, 5.41) is 9.93. The molecule has 26 heavy (non-hydrogen) atoms. The van der Waals surface area contributed by atoms with Crippen LogP contribution in [0.3, 0.4) is 0 Å². The number of hydrogen-bond acceptors (Lipinski definition) is 5. The standard InChI is InChI=1S/C18H18ClN3O2S2/c1-13-4-3-5-14(12-13)17-20-21-18(25-10-11-26(2,23)24)22(17)16-8-6-15(19)7-9-16/h3-9,12H,10-11H2,1-2H3. The minimum absolute atomic E-state index is 0.0882. The molecular formula is C18H18ClN3O2S2. The lowest BCUT2D eigenvalue weighted by molar-refractivity contribution is 0.603. The van der Waals surface area contributed by atoms with Gasteiger partial charge in [-0.05, 0) is 37.3 Å². The summed E-state index contributed by atoms with van der Waals surface area (Å²) in [4.78, 5) is 0. The monoisotopic (exact) mass is 407 g/mol. The molecule has 0 aliphatic heterocycles. The van der Waals surface area contributed by atoms with Gasteiger partial charge in [-0.2, -0.15) is 0 Å². The average Bonchev–Trinajstić information content (AvgIpc) is 2.98. The van der Waals surface area contributed by atoms with Gasteiger partial charge in [0.2, 0.25) is 0 Å². The molecule has 1 aromatic heterocycles. The summed E-state index contributed by atoms with van der Waals surface area (Å²) in [5.74, 6) is 1.21. The Morgan fingerprint density at radius 3 is 2.50 bits per heavy atom. The molecule has 3 aromatic rings. The van der Waals surface area contributed by atoms with E-state index in [1.165, 1.54) is 18.0 Å². The maximum absolute atomic E-state index is 11.4. The van der Waals surface area contributed by atoms with Gasteiger partial charge in [0.1, 0.15) is 9.84 Å². The van der Waals surface area contributed by atoms with Gasteiger partial charge in [-0.25, -0.2) is 8.42 Å². The molecule has 2 aromatic carbocycles. The van der Waals surface area contributed by atoms with Crippen molar-refractivity contribution in [1.29, 1.82) is 0 Å². The average molecular weight is 408 g/mol. The maximum atomic E-state index is 11.4. The van der Waals surface area contributed by atoms with Crippen LogP contribution in [0.5, 0.6) is 0 Å². The molecule has 8 heteroatoms. The molecular weight excluding hydrogens is 390 g/mol. The molecule has 1 heterocycles. The van der Waals surface area contributed by atoms with Crippen molar-refractivity contribution >= 4 is 33.2 Å². The largest absolute Gasteiger partial charge is 0.270 e. The van der Waals surface area contributed by atoms with Crippen LogP contribution in [0.2, 0.25) is 5.02 Å². The summed E-state index contributed by atoms with van der Waals surface area (Å²) in [6.07, 6.45) is 1.23. The summed E-state index contributed by atoms with van der Waals surface area (Å²) in [5.41, 5.74) is 2.94. The zero-order valence-corrected chi connectivity index (χ0v) is 16.8. The van der Waals surface area contributed by atoms with Crippen LogP contribution in [-0.2, 0) is 9.84 Å². The minimum Gasteiger partial charge on any atom is -0.270 e. The molecule has 0 amide bonds. The Labute approximate surface area is 162 Å². The number of sulfone groups is 1. The molecule has 0 bridgehead atoms. The van der Waals surface area contributed by atoms with Crippen molar-refractivity contribution in [2.75, 3.05) is 17.8 Å². The first kappa shape index (κ1) is 18.9. The number of thioether (sulfide) groups is 1. The van der Waals surface area contributed by atoms with Gasteiger partial charge in [-0.1, -0.05) is 47.1 Å². The normalized spacial score (nSPS) is 11.7. The number of hydrogen-bond donors (Lipinski definition) is 0. The topological polar surface area (TPSA) is 64.8 Å².